The first kappa shape index (κ1) is 18.8. The lowest BCUT2D eigenvalue weighted by Gasteiger charge is -2.24. The second-order valence-corrected chi connectivity index (χ2v) is 7.68. The first-order valence-corrected chi connectivity index (χ1v) is 9.86. The van der Waals surface area contributed by atoms with Crippen LogP contribution in [0.1, 0.15) is 24.0 Å². The van der Waals surface area contributed by atoms with Gasteiger partial charge in [-0.3, -0.25) is 9.88 Å². The lowest BCUT2D eigenvalue weighted by atomic mass is 10.00. The van der Waals surface area contributed by atoms with Crippen LogP contribution in [0.15, 0.2) is 60.8 Å². The highest BCUT2D eigenvalue weighted by atomic mass is 35.5. The van der Waals surface area contributed by atoms with Crippen LogP contribution in [0.3, 0.4) is 0 Å². The van der Waals surface area contributed by atoms with Crippen LogP contribution >= 0.6 is 11.6 Å². The molecule has 3 aromatic rings. The molecule has 1 aliphatic heterocycles. The molecule has 1 N–H and O–H groups in total. The molecule has 0 radical (unpaired) electrons. The molecule has 2 heterocycles. The predicted octanol–water partition coefficient (Wildman–Crippen LogP) is 5.11. The van der Waals surface area contributed by atoms with Crippen LogP contribution in [0, 0.1) is 0 Å². The third kappa shape index (κ3) is 4.13. The summed E-state index contributed by atoms with van der Waals surface area (Å²) in [7, 11) is 0. The zero-order valence-electron chi connectivity index (χ0n) is 15.8. The van der Waals surface area contributed by atoms with Crippen molar-refractivity contribution in [3.63, 3.8) is 0 Å². The van der Waals surface area contributed by atoms with E-state index in [0.29, 0.717) is 23.3 Å². The van der Waals surface area contributed by atoms with Crippen LogP contribution < -0.4 is 4.74 Å². The molecule has 0 saturated carbocycles. The predicted molar refractivity (Wildman–Crippen MR) is 112 cm³/mol. The van der Waals surface area contributed by atoms with Gasteiger partial charge in [-0.2, -0.15) is 0 Å². The van der Waals surface area contributed by atoms with Gasteiger partial charge in [-0.05, 0) is 35.7 Å². The van der Waals surface area contributed by atoms with Crippen molar-refractivity contribution in [1.29, 1.82) is 0 Å². The molecule has 0 amide bonds. The van der Waals surface area contributed by atoms with E-state index in [1.165, 1.54) is 5.56 Å². The fraction of sp³-hybridized carbons (Fsp3) is 0.261. The number of benzene rings is 2. The van der Waals surface area contributed by atoms with Gasteiger partial charge in [0.2, 0.25) is 0 Å². The van der Waals surface area contributed by atoms with Gasteiger partial charge in [-0.15, -0.1) is 0 Å². The Morgan fingerprint density at radius 3 is 2.75 bits per heavy atom. The number of pyridine rings is 1. The number of hydrogen-bond donors (Lipinski definition) is 1. The van der Waals surface area contributed by atoms with E-state index in [9.17, 15) is 5.11 Å². The van der Waals surface area contributed by atoms with Gasteiger partial charge in [0.1, 0.15) is 6.61 Å². The molecule has 0 unspecified atom stereocenters. The first-order chi connectivity index (χ1) is 13.6. The molecule has 4 rings (SSSR count). The molecule has 0 aliphatic carbocycles. The highest BCUT2D eigenvalue weighted by Gasteiger charge is 2.21. The summed E-state index contributed by atoms with van der Waals surface area (Å²) in [6.07, 6.45) is 1.62. The number of fused-ring (bicyclic) bond motifs is 1. The second kappa shape index (κ2) is 8.21. The number of phenols is 1. The number of aromatic hydroxyl groups is 1. The highest BCUT2D eigenvalue weighted by molar-refractivity contribution is 6.30. The molecule has 2 aromatic carbocycles. The normalized spacial score (nSPS) is 15.4. The van der Waals surface area contributed by atoms with Gasteiger partial charge in [-0.1, -0.05) is 48.9 Å². The lowest BCUT2D eigenvalue weighted by Crippen LogP contribution is -2.29. The molecule has 1 aromatic heterocycles. The van der Waals surface area contributed by atoms with E-state index in [4.69, 9.17) is 16.3 Å². The Bertz CT molecular complexity index is 945. The van der Waals surface area contributed by atoms with E-state index in [1.807, 2.05) is 12.1 Å². The molecular weight excluding hydrogens is 372 g/mol. The van der Waals surface area contributed by atoms with Gasteiger partial charge in [0.25, 0.3) is 0 Å². The molecule has 0 spiro atoms. The number of phenolic OH excluding ortho intramolecular Hbond substituents is 1. The number of ether oxygens (including phenoxy) is 1. The lowest BCUT2D eigenvalue weighted by molar-refractivity contribution is 0.216. The number of aromatic nitrogens is 1. The van der Waals surface area contributed by atoms with Gasteiger partial charge >= 0.3 is 0 Å². The van der Waals surface area contributed by atoms with Crippen molar-refractivity contribution in [3.8, 4) is 22.8 Å². The minimum Gasteiger partial charge on any atom is -0.504 e. The monoisotopic (exact) mass is 394 g/mol. The maximum Gasteiger partial charge on any atom is 0.165 e. The van der Waals surface area contributed by atoms with Gasteiger partial charge in [0, 0.05) is 37.0 Å². The van der Waals surface area contributed by atoms with E-state index < -0.39 is 0 Å². The third-order valence-corrected chi connectivity index (χ3v) is 5.34. The Hall–Kier alpha value is -2.56. The standard InChI is InChI=1S/C23H23ClN2O2/c1-16(17-5-3-2-4-6-17)14-26-9-10-28-23-19(15-26)11-18(12-22(23)27)21-8-7-20(24)13-25-21/h2-8,11-13,16,27H,9-10,14-15H2,1H3/t16-/m1/s1. The summed E-state index contributed by atoms with van der Waals surface area (Å²) in [6, 6.07) is 18.0. The summed E-state index contributed by atoms with van der Waals surface area (Å²) in [5, 5.41) is 11.1. The molecule has 5 heteroatoms. The van der Waals surface area contributed by atoms with Crippen molar-refractivity contribution >= 4 is 11.6 Å². The molecule has 1 aliphatic rings. The van der Waals surface area contributed by atoms with E-state index in [-0.39, 0.29) is 5.75 Å². The smallest absolute Gasteiger partial charge is 0.165 e. The zero-order chi connectivity index (χ0) is 19.5. The maximum atomic E-state index is 10.5. The zero-order valence-corrected chi connectivity index (χ0v) is 16.6. The number of halogens is 1. The molecule has 144 valence electrons. The minimum atomic E-state index is 0.155. The molecule has 1 atom stereocenters. The van der Waals surface area contributed by atoms with Crippen molar-refractivity contribution in [3.05, 3.63) is 76.9 Å². The molecule has 0 fully saturated rings. The highest BCUT2D eigenvalue weighted by Crippen LogP contribution is 2.37. The summed E-state index contributed by atoms with van der Waals surface area (Å²) < 4.78 is 5.87. The largest absolute Gasteiger partial charge is 0.504 e. The van der Waals surface area contributed by atoms with Crippen molar-refractivity contribution in [2.24, 2.45) is 0 Å². The van der Waals surface area contributed by atoms with E-state index in [1.54, 1.807) is 18.3 Å². The van der Waals surface area contributed by atoms with Crippen molar-refractivity contribution in [2.75, 3.05) is 19.7 Å². The summed E-state index contributed by atoms with van der Waals surface area (Å²) in [4.78, 5) is 6.75. The van der Waals surface area contributed by atoms with E-state index in [0.717, 1.165) is 36.5 Å². The summed E-state index contributed by atoms with van der Waals surface area (Å²) in [6.45, 7) is 5.27. The summed E-state index contributed by atoms with van der Waals surface area (Å²) in [5.74, 6) is 1.15. The Morgan fingerprint density at radius 2 is 2.00 bits per heavy atom. The fourth-order valence-electron chi connectivity index (χ4n) is 3.68. The van der Waals surface area contributed by atoms with E-state index in [2.05, 4.69) is 47.1 Å². The van der Waals surface area contributed by atoms with Crippen molar-refractivity contribution in [2.45, 2.75) is 19.4 Å². The maximum absolute atomic E-state index is 10.5. The molecule has 0 saturated heterocycles. The number of nitrogens with zero attached hydrogens (tertiary/aromatic N) is 2. The Labute approximate surface area is 170 Å². The van der Waals surface area contributed by atoms with Crippen LogP contribution in [0.2, 0.25) is 5.02 Å². The molecule has 28 heavy (non-hydrogen) atoms. The average molecular weight is 395 g/mol. The van der Waals surface area contributed by atoms with E-state index >= 15 is 0 Å². The number of rotatable bonds is 4. The minimum absolute atomic E-state index is 0.155. The fourth-order valence-corrected chi connectivity index (χ4v) is 3.79. The van der Waals surface area contributed by atoms with Crippen LogP contribution in [0.4, 0.5) is 0 Å². The van der Waals surface area contributed by atoms with Crippen molar-refractivity contribution in [1.82, 2.24) is 9.88 Å². The van der Waals surface area contributed by atoms with Gasteiger partial charge in [0.05, 0.1) is 10.7 Å². The van der Waals surface area contributed by atoms with Crippen LogP contribution in [0.25, 0.3) is 11.3 Å². The van der Waals surface area contributed by atoms with Gasteiger partial charge < -0.3 is 9.84 Å². The topological polar surface area (TPSA) is 45.6 Å². The molecule has 4 nitrogen and oxygen atoms in total. The van der Waals surface area contributed by atoms with Crippen LogP contribution in [-0.2, 0) is 6.54 Å². The Balaban J connectivity index is 1.58. The number of hydrogen-bond acceptors (Lipinski definition) is 4. The quantitative estimate of drug-likeness (QED) is 0.668. The SMILES string of the molecule is C[C@H](CN1CCOc2c(O)cc(-c3ccc(Cl)cn3)cc2C1)c1ccccc1. The molecular formula is C23H23ClN2O2. The average Bonchev–Trinajstić information content (AvgIpc) is 2.91. The second-order valence-electron chi connectivity index (χ2n) is 7.24. The Morgan fingerprint density at radius 1 is 1.18 bits per heavy atom. The third-order valence-electron chi connectivity index (χ3n) is 5.12. The first-order valence-electron chi connectivity index (χ1n) is 9.48. The van der Waals surface area contributed by atoms with Crippen molar-refractivity contribution < 1.29 is 9.84 Å². The summed E-state index contributed by atoms with van der Waals surface area (Å²) >= 11 is 5.95. The summed E-state index contributed by atoms with van der Waals surface area (Å²) in [5.41, 5.74) is 3.93. The van der Waals surface area contributed by atoms with Crippen LogP contribution in [0.5, 0.6) is 11.5 Å². The van der Waals surface area contributed by atoms with Gasteiger partial charge in [-0.25, -0.2) is 0 Å². The van der Waals surface area contributed by atoms with Crippen LogP contribution in [-0.4, -0.2) is 34.7 Å². The van der Waals surface area contributed by atoms with Gasteiger partial charge in [0.15, 0.2) is 11.5 Å². The Kier molecular flexibility index (Phi) is 5.51. The molecule has 0 bridgehead atoms.